The van der Waals surface area contributed by atoms with E-state index in [2.05, 4.69) is 241 Å². The maximum absolute atomic E-state index is 2.50. The first kappa shape index (κ1) is 34.5. The molecule has 0 bridgehead atoms. The zero-order chi connectivity index (χ0) is 39.1. The van der Waals surface area contributed by atoms with Crippen molar-refractivity contribution in [2.75, 3.05) is 4.90 Å². The fourth-order valence-corrected chi connectivity index (χ4v) is 8.96. The summed E-state index contributed by atoms with van der Waals surface area (Å²) in [5, 5.41) is 9.82. The molecular formula is C58H39N. The highest BCUT2D eigenvalue weighted by molar-refractivity contribution is 6.11. The molecule has 0 amide bonds. The Hall–Kier alpha value is -7.74. The van der Waals surface area contributed by atoms with Crippen LogP contribution in [0.2, 0.25) is 0 Å². The lowest BCUT2D eigenvalue weighted by Gasteiger charge is -2.31. The first-order valence-corrected chi connectivity index (χ1v) is 20.3. The molecule has 0 heterocycles. The quantitative estimate of drug-likeness (QED) is 0.147. The lowest BCUT2D eigenvalue weighted by molar-refractivity contribution is 1.30. The Kier molecular flexibility index (Phi) is 8.56. The molecule has 0 spiro atoms. The van der Waals surface area contributed by atoms with Crippen LogP contribution in [0.4, 0.5) is 17.1 Å². The van der Waals surface area contributed by atoms with Crippen LogP contribution in [-0.4, -0.2) is 0 Å². The molecule has 1 nitrogen and oxygen atoms in total. The van der Waals surface area contributed by atoms with Crippen molar-refractivity contribution < 1.29 is 0 Å². The number of hydrogen-bond donors (Lipinski definition) is 0. The smallest absolute Gasteiger partial charge is 0.0546 e. The molecule has 1 heteroatoms. The summed E-state index contributed by atoms with van der Waals surface area (Å²) in [5.41, 5.74) is 12.8. The van der Waals surface area contributed by atoms with Crippen LogP contribution in [0.1, 0.15) is 0 Å². The van der Waals surface area contributed by atoms with Gasteiger partial charge in [0.2, 0.25) is 0 Å². The van der Waals surface area contributed by atoms with E-state index in [4.69, 9.17) is 0 Å². The van der Waals surface area contributed by atoms with Crippen LogP contribution in [0.25, 0.3) is 87.6 Å². The van der Waals surface area contributed by atoms with E-state index in [9.17, 15) is 0 Å². The third-order valence-electron chi connectivity index (χ3n) is 11.8. The molecule has 59 heavy (non-hydrogen) atoms. The van der Waals surface area contributed by atoms with E-state index >= 15 is 0 Å². The molecule has 0 aliphatic rings. The van der Waals surface area contributed by atoms with E-state index in [-0.39, 0.29) is 0 Å². The number of hydrogen-bond acceptors (Lipinski definition) is 1. The van der Waals surface area contributed by atoms with Crippen molar-refractivity contribution >= 4 is 60.2 Å². The second-order valence-corrected chi connectivity index (χ2v) is 15.3. The summed E-state index contributed by atoms with van der Waals surface area (Å²) in [6.45, 7) is 0. The topological polar surface area (TPSA) is 3.24 Å². The van der Waals surface area contributed by atoms with Crippen LogP contribution < -0.4 is 4.90 Å². The molecule has 0 radical (unpaired) electrons. The Morgan fingerprint density at radius 1 is 0.220 bits per heavy atom. The van der Waals surface area contributed by atoms with Crippen molar-refractivity contribution in [1.29, 1.82) is 0 Å². The van der Waals surface area contributed by atoms with Gasteiger partial charge in [0.05, 0.1) is 11.4 Å². The third-order valence-corrected chi connectivity index (χ3v) is 11.8. The van der Waals surface area contributed by atoms with E-state index < -0.39 is 0 Å². The zero-order valence-electron chi connectivity index (χ0n) is 32.5. The van der Waals surface area contributed by atoms with Gasteiger partial charge >= 0.3 is 0 Å². The van der Waals surface area contributed by atoms with Crippen LogP contribution in [0, 0.1) is 0 Å². The van der Waals surface area contributed by atoms with Gasteiger partial charge in [-0.25, -0.2) is 0 Å². The predicted octanol–water partition coefficient (Wildman–Crippen LogP) is 16.4. The van der Waals surface area contributed by atoms with Gasteiger partial charge in [-0.3, -0.25) is 0 Å². The summed E-state index contributed by atoms with van der Waals surface area (Å²) in [5.74, 6) is 0. The molecule has 0 saturated heterocycles. The van der Waals surface area contributed by atoms with E-state index in [1.807, 2.05) is 0 Å². The van der Waals surface area contributed by atoms with Crippen LogP contribution in [0.3, 0.4) is 0 Å². The Morgan fingerprint density at radius 3 is 1.44 bits per heavy atom. The van der Waals surface area contributed by atoms with E-state index in [1.165, 1.54) is 76.5 Å². The molecule has 0 fully saturated rings. The van der Waals surface area contributed by atoms with Crippen molar-refractivity contribution in [2.45, 2.75) is 0 Å². The molecule has 11 aromatic carbocycles. The summed E-state index contributed by atoms with van der Waals surface area (Å²) < 4.78 is 0. The average Bonchev–Trinajstić information content (AvgIpc) is 3.32. The summed E-state index contributed by atoms with van der Waals surface area (Å²) in [4.78, 5) is 2.50. The Morgan fingerprint density at radius 2 is 0.729 bits per heavy atom. The highest BCUT2D eigenvalue weighted by Crippen LogP contribution is 2.49. The lowest BCUT2D eigenvalue weighted by Crippen LogP contribution is -2.12. The molecule has 0 saturated carbocycles. The van der Waals surface area contributed by atoms with Crippen LogP contribution in [0.5, 0.6) is 0 Å². The number of fused-ring (bicyclic) bond motifs is 5. The van der Waals surface area contributed by atoms with Gasteiger partial charge in [0.15, 0.2) is 0 Å². The van der Waals surface area contributed by atoms with Gasteiger partial charge in [-0.15, -0.1) is 0 Å². The summed E-state index contributed by atoms with van der Waals surface area (Å²) in [6.07, 6.45) is 0. The van der Waals surface area contributed by atoms with Gasteiger partial charge in [-0.2, -0.15) is 0 Å². The van der Waals surface area contributed by atoms with E-state index in [0.717, 1.165) is 28.2 Å². The fourth-order valence-electron chi connectivity index (χ4n) is 8.96. The molecule has 0 atom stereocenters. The minimum absolute atomic E-state index is 1.10. The van der Waals surface area contributed by atoms with E-state index in [1.54, 1.807) is 0 Å². The molecule has 276 valence electrons. The first-order chi connectivity index (χ1) is 29.3. The SMILES string of the molecule is c1ccc(-c2cc(N(c3ccc4ccccc4c3)c3ccc(-c4ccccc4)c4ccccc34)c(-c3ccccc3)cc2-c2ccc3ccc4ccccc4c3c2)cc1. The van der Waals surface area contributed by atoms with Crippen molar-refractivity contribution in [3.8, 4) is 44.5 Å². The van der Waals surface area contributed by atoms with E-state index in [0.29, 0.717) is 0 Å². The fraction of sp³-hybridized carbons (Fsp3) is 0. The molecule has 0 N–H and O–H groups in total. The van der Waals surface area contributed by atoms with Gasteiger partial charge in [0.1, 0.15) is 0 Å². The lowest BCUT2D eigenvalue weighted by atomic mass is 9.87. The second-order valence-electron chi connectivity index (χ2n) is 15.3. The number of anilines is 3. The van der Waals surface area contributed by atoms with Crippen molar-refractivity contribution in [3.63, 3.8) is 0 Å². The summed E-state index contributed by atoms with van der Waals surface area (Å²) in [7, 11) is 0. The summed E-state index contributed by atoms with van der Waals surface area (Å²) >= 11 is 0. The van der Waals surface area contributed by atoms with Crippen molar-refractivity contribution in [1.82, 2.24) is 0 Å². The van der Waals surface area contributed by atoms with Gasteiger partial charge in [-0.05, 0) is 113 Å². The normalized spacial score (nSPS) is 11.4. The van der Waals surface area contributed by atoms with Crippen LogP contribution >= 0.6 is 0 Å². The molecule has 11 aromatic rings. The van der Waals surface area contributed by atoms with Crippen LogP contribution in [0.15, 0.2) is 237 Å². The molecule has 0 aromatic heterocycles. The molecular weight excluding hydrogens is 711 g/mol. The third kappa shape index (κ3) is 6.21. The largest absolute Gasteiger partial charge is 0.309 e. The Labute approximate surface area is 344 Å². The second kappa shape index (κ2) is 14.6. The standard InChI is InChI=1S/C58H39N/c1-4-17-41(18-5-1)50-34-35-57(52-27-15-14-26-51(50)52)59(48-33-32-40-16-10-11-24-46(40)36-48)58-39-55(42-19-6-2-7-20-42)54(38-56(58)43-21-8-3-9-22-43)47-31-30-45-29-28-44-23-12-13-25-49(44)53(45)37-47/h1-39H. The minimum Gasteiger partial charge on any atom is -0.309 e. The maximum Gasteiger partial charge on any atom is 0.0546 e. The molecule has 0 aliphatic carbocycles. The van der Waals surface area contributed by atoms with Gasteiger partial charge in [0.25, 0.3) is 0 Å². The monoisotopic (exact) mass is 749 g/mol. The molecule has 0 aliphatic heterocycles. The van der Waals surface area contributed by atoms with Gasteiger partial charge in [-0.1, -0.05) is 200 Å². The van der Waals surface area contributed by atoms with Crippen molar-refractivity contribution in [2.24, 2.45) is 0 Å². The zero-order valence-corrected chi connectivity index (χ0v) is 32.5. The molecule has 0 unspecified atom stereocenters. The minimum atomic E-state index is 1.10. The van der Waals surface area contributed by atoms with Gasteiger partial charge < -0.3 is 4.90 Å². The Bertz CT molecular complexity index is 3310. The summed E-state index contributed by atoms with van der Waals surface area (Å²) in [6, 6.07) is 86.6. The number of rotatable bonds is 7. The van der Waals surface area contributed by atoms with Crippen molar-refractivity contribution in [3.05, 3.63) is 237 Å². The predicted molar refractivity (Wildman–Crippen MR) is 253 cm³/mol. The highest BCUT2D eigenvalue weighted by Gasteiger charge is 2.24. The van der Waals surface area contributed by atoms with Gasteiger partial charge in [0, 0.05) is 16.6 Å². The highest BCUT2D eigenvalue weighted by atomic mass is 15.1. The Balaban J connectivity index is 1.24. The number of benzene rings is 11. The number of nitrogens with zero attached hydrogens (tertiary/aromatic N) is 1. The molecule has 11 rings (SSSR count). The maximum atomic E-state index is 2.50. The average molecular weight is 750 g/mol. The first-order valence-electron chi connectivity index (χ1n) is 20.3. The van der Waals surface area contributed by atoms with Crippen LogP contribution in [-0.2, 0) is 0 Å².